The Bertz CT molecular complexity index is 686. The third kappa shape index (κ3) is 3.71. The number of piperidine rings is 1. The first-order chi connectivity index (χ1) is 12.6. The van der Waals surface area contributed by atoms with Crippen LogP contribution < -0.4 is 4.90 Å². The first-order valence-electron chi connectivity index (χ1n) is 9.95. The van der Waals surface area contributed by atoms with Crippen LogP contribution in [0.2, 0.25) is 0 Å². The molecule has 0 spiro atoms. The van der Waals surface area contributed by atoms with E-state index in [1.807, 2.05) is 4.90 Å². The monoisotopic (exact) mass is 356 g/mol. The highest BCUT2D eigenvalue weighted by molar-refractivity contribution is 5.81. The third-order valence-corrected chi connectivity index (χ3v) is 6.32. The SMILES string of the molecule is O=C(O)CC1CCN(C(=O)C2CC2)CC1CCN1CCc2ccccc21. The van der Waals surface area contributed by atoms with Crippen LogP contribution in [0.25, 0.3) is 0 Å². The van der Waals surface area contributed by atoms with Crippen molar-refractivity contribution in [3.63, 3.8) is 0 Å². The number of anilines is 1. The lowest BCUT2D eigenvalue weighted by Crippen LogP contribution is -2.45. The highest BCUT2D eigenvalue weighted by Gasteiger charge is 2.38. The largest absolute Gasteiger partial charge is 0.481 e. The van der Waals surface area contributed by atoms with Gasteiger partial charge in [0.1, 0.15) is 0 Å². The van der Waals surface area contributed by atoms with Gasteiger partial charge >= 0.3 is 5.97 Å². The summed E-state index contributed by atoms with van der Waals surface area (Å²) in [6, 6.07) is 8.55. The predicted molar refractivity (Wildman–Crippen MR) is 100 cm³/mol. The maximum absolute atomic E-state index is 12.5. The second kappa shape index (κ2) is 7.29. The van der Waals surface area contributed by atoms with Crippen LogP contribution in [-0.2, 0) is 16.0 Å². The fourth-order valence-corrected chi connectivity index (χ4v) is 4.65. The minimum absolute atomic E-state index is 0.189. The van der Waals surface area contributed by atoms with Crippen molar-refractivity contribution in [1.82, 2.24) is 4.90 Å². The molecule has 1 aromatic rings. The van der Waals surface area contributed by atoms with Gasteiger partial charge in [-0.3, -0.25) is 9.59 Å². The number of carboxylic acids is 1. The van der Waals surface area contributed by atoms with Crippen LogP contribution in [-0.4, -0.2) is 48.1 Å². The summed E-state index contributed by atoms with van der Waals surface area (Å²) in [5.41, 5.74) is 2.73. The number of carboxylic acid groups (broad SMARTS) is 1. The molecular formula is C21H28N2O3. The molecule has 1 N–H and O–H groups in total. The maximum atomic E-state index is 12.5. The molecule has 1 saturated heterocycles. The zero-order chi connectivity index (χ0) is 18.1. The lowest BCUT2D eigenvalue weighted by molar-refractivity contribution is -0.140. The van der Waals surface area contributed by atoms with Crippen LogP contribution in [0.1, 0.15) is 37.7 Å². The number of rotatable bonds is 6. The molecule has 3 aliphatic rings. The van der Waals surface area contributed by atoms with E-state index in [9.17, 15) is 14.7 Å². The molecule has 1 aliphatic carbocycles. The van der Waals surface area contributed by atoms with E-state index in [0.29, 0.717) is 5.91 Å². The molecule has 1 amide bonds. The smallest absolute Gasteiger partial charge is 0.303 e. The van der Waals surface area contributed by atoms with Crippen molar-refractivity contribution in [3.05, 3.63) is 29.8 Å². The molecule has 26 heavy (non-hydrogen) atoms. The molecule has 1 aromatic carbocycles. The van der Waals surface area contributed by atoms with E-state index in [0.717, 1.165) is 58.3 Å². The number of nitrogens with zero attached hydrogens (tertiary/aromatic N) is 2. The first-order valence-corrected chi connectivity index (χ1v) is 9.95. The van der Waals surface area contributed by atoms with Gasteiger partial charge in [0.15, 0.2) is 0 Å². The van der Waals surface area contributed by atoms with Crippen LogP contribution in [0.4, 0.5) is 5.69 Å². The zero-order valence-electron chi connectivity index (χ0n) is 15.3. The summed E-state index contributed by atoms with van der Waals surface area (Å²) in [4.78, 5) is 28.2. The average Bonchev–Trinajstić information content (AvgIpc) is 3.40. The van der Waals surface area contributed by atoms with E-state index in [-0.39, 0.29) is 24.2 Å². The van der Waals surface area contributed by atoms with Crippen LogP contribution >= 0.6 is 0 Å². The standard InChI is InChI=1S/C21H28N2O3/c24-20(25)13-17-8-12-23(21(26)16-5-6-16)14-18(17)9-11-22-10-7-15-3-1-2-4-19(15)22/h1-4,16-18H,5-14H2,(H,24,25). The Morgan fingerprint density at radius 3 is 2.65 bits per heavy atom. The van der Waals surface area contributed by atoms with Gasteiger partial charge < -0.3 is 14.9 Å². The number of fused-ring (bicyclic) bond motifs is 1. The molecule has 0 radical (unpaired) electrons. The molecule has 140 valence electrons. The lowest BCUT2D eigenvalue weighted by atomic mass is 9.81. The Labute approximate surface area is 155 Å². The Hall–Kier alpha value is -2.04. The molecule has 2 fully saturated rings. The zero-order valence-corrected chi connectivity index (χ0v) is 15.3. The number of benzene rings is 1. The van der Waals surface area contributed by atoms with Gasteiger partial charge in [-0.25, -0.2) is 0 Å². The van der Waals surface area contributed by atoms with Crippen molar-refractivity contribution in [2.45, 2.75) is 38.5 Å². The summed E-state index contributed by atoms with van der Waals surface area (Å²) >= 11 is 0. The second-order valence-electron chi connectivity index (χ2n) is 8.12. The Morgan fingerprint density at radius 2 is 1.88 bits per heavy atom. The number of carbonyl (C=O) groups excluding carboxylic acids is 1. The molecule has 4 rings (SSSR count). The predicted octanol–water partition coefficient (Wildman–Crippen LogP) is 2.79. The van der Waals surface area contributed by atoms with Crippen LogP contribution in [0.3, 0.4) is 0 Å². The fraction of sp³-hybridized carbons (Fsp3) is 0.619. The van der Waals surface area contributed by atoms with Crippen molar-refractivity contribution in [2.24, 2.45) is 17.8 Å². The van der Waals surface area contributed by atoms with Gasteiger partial charge in [0.25, 0.3) is 0 Å². The van der Waals surface area contributed by atoms with Gasteiger partial charge in [0.05, 0.1) is 0 Å². The fourth-order valence-electron chi connectivity index (χ4n) is 4.65. The van der Waals surface area contributed by atoms with Gasteiger partial charge in [-0.15, -0.1) is 0 Å². The van der Waals surface area contributed by atoms with Gasteiger partial charge in [0.2, 0.25) is 5.91 Å². The van der Waals surface area contributed by atoms with E-state index < -0.39 is 5.97 Å². The molecular weight excluding hydrogens is 328 g/mol. The summed E-state index contributed by atoms with van der Waals surface area (Å²) in [6.07, 6.45) is 5.16. The summed E-state index contributed by atoms with van der Waals surface area (Å²) in [7, 11) is 0. The summed E-state index contributed by atoms with van der Waals surface area (Å²) in [5.74, 6) is 0.310. The molecule has 5 heteroatoms. The third-order valence-electron chi connectivity index (χ3n) is 6.32. The van der Waals surface area contributed by atoms with Crippen LogP contribution in [0.15, 0.2) is 24.3 Å². The maximum Gasteiger partial charge on any atom is 0.303 e. The second-order valence-corrected chi connectivity index (χ2v) is 8.12. The number of para-hydroxylation sites is 1. The van der Waals surface area contributed by atoms with Crippen LogP contribution in [0.5, 0.6) is 0 Å². The minimum Gasteiger partial charge on any atom is -0.481 e. The highest BCUT2D eigenvalue weighted by atomic mass is 16.4. The number of hydrogen-bond donors (Lipinski definition) is 1. The van der Waals surface area contributed by atoms with Gasteiger partial charge in [-0.05, 0) is 55.6 Å². The number of likely N-dealkylation sites (tertiary alicyclic amines) is 1. The van der Waals surface area contributed by atoms with Crippen LogP contribution in [0, 0.1) is 17.8 Å². The van der Waals surface area contributed by atoms with E-state index in [1.165, 1.54) is 11.3 Å². The Morgan fingerprint density at radius 1 is 1.08 bits per heavy atom. The van der Waals surface area contributed by atoms with E-state index in [1.54, 1.807) is 0 Å². The van der Waals surface area contributed by atoms with Crippen molar-refractivity contribution < 1.29 is 14.7 Å². The summed E-state index contributed by atoms with van der Waals surface area (Å²) in [6.45, 7) is 3.46. The van der Waals surface area contributed by atoms with Crippen molar-refractivity contribution in [1.29, 1.82) is 0 Å². The van der Waals surface area contributed by atoms with Crippen molar-refractivity contribution >= 4 is 17.6 Å². The number of amides is 1. The molecule has 0 bridgehead atoms. The number of aliphatic carboxylic acids is 1. The van der Waals surface area contributed by atoms with E-state index in [4.69, 9.17) is 0 Å². The van der Waals surface area contributed by atoms with Crippen molar-refractivity contribution in [2.75, 3.05) is 31.1 Å². The Kier molecular flexibility index (Phi) is 4.88. The lowest BCUT2D eigenvalue weighted by Gasteiger charge is -2.39. The van der Waals surface area contributed by atoms with E-state index >= 15 is 0 Å². The summed E-state index contributed by atoms with van der Waals surface area (Å²) < 4.78 is 0. The number of hydrogen-bond acceptors (Lipinski definition) is 3. The van der Waals surface area contributed by atoms with Gasteiger partial charge in [-0.1, -0.05) is 18.2 Å². The Balaban J connectivity index is 1.40. The van der Waals surface area contributed by atoms with Gasteiger partial charge in [-0.2, -0.15) is 0 Å². The van der Waals surface area contributed by atoms with Gasteiger partial charge in [0, 0.05) is 44.2 Å². The topological polar surface area (TPSA) is 60.9 Å². The molecule has 2 unspecified atom stereocenters. The minimum atomic E-state index is -0.714. The summed E-state index contributed by atoms with van der Waals surface area (Å²) in [5, 5.41) is 9.28. The number of carbonyl (C=O) groups is 2. The first kappa shape index (κ1) is 17.4. The molecule has 2 atom stereocenters. The molecule has 2 aliphatic heterocycles. The molecule has 0 aromatic heterocycles. The average molecular weight is 356 g/mol. The highest BCUT2D eigenvalue weighted by Crippen LogP contribution is 2.36. The molecule has 2 heterocycles. The quantitative estimate of drug-likeness (QED) is 0.851. The normalized spacial score (nSPS) is 25.2. The molecule has 1 saturated carbocycles. The molecule has 5 nitrogen and oxygen atoms in total. The van der Waals surface area contributed by atoms with E-state index in [2.05, 4.69) is 29.2 Å². The van der Waals surface area contributed by atoms with Crippen molar-refractivity contribution in [3.8, 4) is 0 Å².